The summed E-state index contributed by atoms with van der Waals surface area (Å²) in [4.78, 5) is 28.5. The van der Waals surface area contributed by atoms with Crippen LogP contribution in [0.15, 0.2) is 35.8 Å². The molecular formula is C23H34N4O3. The van der Waals surface area contributed by atoms with Gasteiger partial charge in [0, 0.05) is 57.9 Å². The van der Waals surface area contributed by atoms with E-state index < -0.39 is 0 Å². The fraction of sp³-hybridized carbons (Fsp3) is 0.652. The van der Waals surface area contributed by atoms with Gasteiger partial charge in [0.25, 0.3) is 0 Å². The lowest BCUT2D eigenvalue weighted by molar-refractivity contribution is -0.133. The van der Waals surface area contributed by atoms with Crippen molar-refractivity contribution in [1.29, 1.82) is 0 Å². The maximum Gasteiger partial charge on any atom is 0.321 e. The van der Waals surface area contributed by atoms with Crippen molar-refractivity contribution >= 4 is 11.9 Å². The molecule has 4 heterocycles. The Balaban J connectivity index is 1.06. The highest BCUT2D eigenvalue weighted by Gasteiger charge is 2.26. The number of dihydropyridines is 1. The quantitative estimate of drug-likeness (QED) is 0.628. The Morgan fingerprint density at radius 3 is 2.80 bits per heavy atom. The van der Waals surface area contributed by atoms with Gasteiger partial charge in [-0.2, -0.15) is 0 Å². The third-order valence-corrected chi connectivity index (χ3v) is 6.65. The molecule has 1 unspecified atom stereocenters. The highest BCUT2D eigenvalue weighted by molar-refractivity contribution is 5.77. The van der Waals surface area contributed by atoms with Gasteiger partial charge < -0.3 is 20.3 Å². The Labute approximate surface area is 179 Å². The van der Waals surface area contributed by atoms with Crippen LogP contribution in [-0.4, -0.2) is 61.1 Å². The zero-order valence-electron chi connectivity index (χ0n) is 17.8. The summed E-state index contributed by atoms with van der Waals surface area (Å²) in [5, 5.41) is 6.10. The van der Waals surface area contributed by atoms with Crippen LogP contribution >= 0.6 is 0 Å². The molecule has 0 aromatic rings. The maximum atomic E-state index is 12.4. The number of rotatable bonds is 7. The summed E-state index contributed by atoms with van der Waals surface area (Å²) >= 11 is 0. The lowest BCUT2D eigenvalue weighted by Crippen LogP contribution is -2.39. The largest absolute Gasteiger partial charge is 0.381 e. The molecule has 0 radical (unpaired) electrons. The van der Waals surface area contributed by atoms with E-state index in [2.05, 4.69) is 15.5 Å². The van der Waals surface area contributed by atoms with Crippen molar-refractivity contribution in [3.8, 4) is 0 Å². The SMILES string of the molecule is O=C(NCCCCC1CCN(C(=O)CC2CCOC2)CC1)N1C=C2C=CNC=C2C1. The normalized spacial score (nSPS) is 23.7. The van der Waals surface area contributed by atoms with Gasteiger partial charge >= 0.3 is 6.03 Å². The van der Waals surface area contributed by atoms with Gasteiger partial charge in [0.05, 0.1) is 6.54 Å². The number of fused-ring (bicyclic) bond motifs is 1. The molecule has 0 aromatic carbocycles. The first-order valence-corrected chi connectivity index (χ1v) is 11.4. The van der Waals surface area contributed by atoms with Crippen LogP contribution < -0.4 is 10.6 Å². The number of ether oxygens (including phenoxy) is 1. The minimum absolute atomic E-state index is 0.0225. The maximum absolute atomic E-state index is 12.4. The molecule has 1 atom stereocenters. The van der Waals surface area contributed by atoms with Gasteiger partial charge in [0.2, 0.25) is 5.91 Å². The molecule has 2 fully saturated rings. The minimum atomic E-state index is -0.0225. The molecule has 7 heteroatoms. The van der Waals surface area contributed by atoms with Gasteiger partial charge in [-0.1, -0.05) is 12.8 Å². The summed E-state index contributed by atoms with van der Waals surface area (Å²) in [5.74, 6) is 1.44. The van der Waals surface area contributed by atoms with Gasteiger partial charge in [-0.25, -0.2) is 4.79 Å². The molecule has 7 nitrogen and oxygen atoms in total. The van der Waals surface area contributed by atoms with Gasteiger partial charge in [0.15, 0.2) is 0 Å². The van der Waals surface area contributed by atoms with Crippen LogP contribution in [0.1, 0.15) is 44.9 Å². The molecule has 30 heavy (non-hydrogen) atoms. The van der Waals surface area contributed by atoms with Crippen molar-refractivity contribution in [2.75, 3.05) is 39.4 Å². The van der Waals surface area contributed by atoms with E-state index in [4.69, 9.17) is 4.74 Å². The first-order valence-electron chi connectivity index (χ1n) is 11.4. The van der Waals surface area contributed by atoms with Crippen molar-refractivity contribution < 1.29 is 14.3 Å². The molecule has 164 valence electrons. The lowest BCUT2D eigenvalue weighted by Gasteiger charge is -2.32. The fourth-order valence-corrected chi connectivity index (χ4v) is 4.71. The van der Waals surface area contributed by atoms with Crippen LogP contribution in [0, 0.1) is 11.8 Å². The van der Waals surface area contributed by atoms with Crippen LogP contribution in [0.5, 0.6) is 0 Å². The predicted octanol–water partition coefficient (Wildman–Crippen LogP) is 2.73. The number of carbonyl (C=O) groups is 2. The number of nitrogens with one attached hydrogen (secondary N) is 2. The Morgan fingerprint density at radius 1 is 1.17 bits per heavy atom. The number of allylic oxidation sites excluding steroid dienone is 1. The van der Waals surface area contributed by atoms with E-state index in [1.54, 1.807) is 4.90 Å². The smallest absolute Gasteiger partial charge is 0.321 e. The zero-order valence-corrected chi connectivity index (χ0v) is 17.8. The molecule has 0 aliphatic carbocycles. The van der Waals surface area contributed by atoms with Crippen molar-refractivity contribution in [1.82, 2.24) is 20.4 Å². The third-order valence-electron chi connectivity index (χ3n) is 6.65. The zero-order chi connectivity index (χ0) is 20.8. The summed E-state index contributed by atoms with van der Waals surface area (Å²) in [6.07, 6.45) is 14.9. The van der Waals surface area contributed by atoms with E-state index >= 15 is 0 Å². The molecule has 3 amide bonds. The number of nitrogens with zero attached hydrogens (tertiary/aromatic N) is 2. The lowest BCUT2D eigenvalue weighted by atomic mass is 9.91. The highest BCUT2D eigenvalue weighted by atomic mass is 16.5. The molecule has 0 spiro atoms. The molecule has 2 saturated heterocycles. The molecular weight excluding hydrogens is 380 g/mol. The van der Waals surface area contributed by atoms with Crippen molar-refractivity contribution in [3.05, 3.63) is 35.8 Å². The second kappa shape index (κ2) is 10.2. The van der Waals surface area contributed by atoms with E-state index in [1.807, 2.05) is 24.7 Å². The fourth-order valence-electron chi connectivity index (χ4n) is 4.71. The summed E-state index contributed by atoms with van der Waals surface area (Å²) < 4.78 is 5.38. The number of piperidine rings is 1. The van der Waals surface area contributed by atoms with Gasteiger partial charge in [-0.15, -0.1) is 0 Å². The summed E-state index contributed by atoms with van der Waals surface area (Å²) in [6.45, 7) is 4.70. The van der Waals surface area contributed by atoms with E-state index in [9.17, 15) is 9.59 Å². The van der Waals surface area contributed by atoms with Crippen LogP contribution in [0.2, 0.25) is 0 Å². The summed E-state index contributed by atoms with van der Waals surface area (Å²) in [7, 11) is 0. The van der Waals surface area contributed by atoms with E-state index in [-0.39, 0.29) is 6.03 Å². The van der Waals surface area contributed by atoms with Crippen molar-refractivity contribution in [3.63, 3.8) is 0 Å². The predicted molar refractivity (Wildman–Crippen MR) is 115 cm³/mol. The number of hydrogen-bond acceptors (Lipinski definition) is 4. The van der Waals surface area contributed by atoms with Crippen LogP contribution in [0.4, 0.5) is 4.79 Å². The van der Waals surface area contributed by atoms with E-state index in [0.717, 1.165) is 69.6 Å². The molecule has 4 rings (SSSR count). The molecule has 4 aliphatic heterocycles. The number of unbranched alkanes of at least 4 members (excludes halogenated alkanes) is 1. The van der Waals surface area contributed by atoms with Gasteiger partial charge in [0.1, 0.15) is 0 Å². The molecule has 4 aliphatic rings. The summed E-state index contributed by atoms with van der Waals surface area (Å²) in [6, 6.07) is -0.0225. The second-order valence-electron chi connectivity index (χ2n) is 8.87. The Morgan fingerprint density at radius 2 is 2.03 bits per heavy atom. The highest BCUT2D eigenvalue weighted by Crippen LogP contribution is 2.25. The van der Waals surface area contributed by atoms with Gasteiger partial charge in [-0.3, -0.25) is 9.69 Å². The van der Waals surface area contributed by atoms with E-state index in [0.29, 0.717) is 37.3 Å². The number of carbonyl (C=O) groups excluding carboxylic acids is 2. The number of likely N-dealkylation sites (tertiary alicyclic amines) is 1. The average Bonchev–Trinajstić information content (AvgIpc) is 3.43. The molecule has 0 aromatic heterocycles. The second-order valence-corrected chi connectivity index (χ2v) is 8.87. The monoisotopic (exact) mass is 414 g/mol. The molecule has 0 bridgehead atoms. The number of amides is 3. The first-order chi connectivity index (χ1) is 14.7. The topological polar surface area (TPSA) is 73.9 Å². The van der Waals surface area contributed by atoms with E-state index in [1.165, 1.54) is 6.42 Å². The van der Waals surface area contributed by atoms with Crippen LogP contribution in [-0.2, 0) is 9.53 Å². The third kappa shape index (κ3) is 5.45. The van der Waals surface area contributed by atoms with Crippen molar-refractivity contribution in [2.24, 2.45) is 11.8 Å². The van der Waals surface area contributed by atoms with Crippen LogP contribution in [0.25, 0.3) is 0 Å². The Bertz CT molecular complexity index is 716. The molecule has 2 N–H and O–H groups in total. The van der Waals surface area contributed by atoms with Crippen LogP contribution in [0.3, 0.4) is 0 Å². The summed E-state index contributed by atoms with van der Waals surface area (Å²) in [5.41, 5.74) is 2.25. The Kier molecular flexibility index (Phi) is 7.10. The molecule has 0 saturated carbocycles. The van der Waals surface area contributed by atoms with Gasteiger partial charge in [-0.05, 0) is 54.7 Å². The Hall–Kier alpha value is -2.28. The first kappa shape index (κ1) is 21.0. The number of hydrogen-bond donors (Lipinski definition) is 2. The van der Waals surface area contributed by atoms with Crippen molar-refractivity contribution in [2.45, 2.75) is 44.9 Å². The standard InChI is InChI=1S/C23H34N4O3/c28-22(13-19-7-12-30-17-19)26-10-5-18(6-11-26)3-1-2-8-25-23(29)27-15-20-4-9-24-14-21(20)16-27/h4,9,14-15,18-19,24H,1-3,5-8,10-13,16-17H2,(H,25,29). The average molecular weight is 415 g/mol. The minimum Gasteiger partial charge on any atom is -0.381 e. The number of urea groups is 1.